The number of likely N-dealkylation sites (tertiary alicyclic amines) is 1. The van der Waals surface area contributed by atoms with Crippen LogP contribution >= 0.6 is 0 Å². The normalized spacial score (nSPS) is 15.9. The smallest absolute Gasteiger partial charge is 0.251 e. The third kappa shape index (κ3) is 4.87. The molecule has 0 aliphatic carbocycles. The van der Waals surface area contributed by atoms with Crippen molar-refractivity contribution in [3.05, 3.63) is 64.7 Å². The van der Waals surface area contributed by atoms with Crippen LogP contribution in [0.1, 0.15) is 47.3 Å². The molecule has 6 nitrogen and oxygen atoms in total. The average molecular weight is 408 g/mol. The van der Waals surface area contributed by atoms with Crippen LogP contribution < -0.4 is 10.6 Å². The van der Waals surface area contributed by atoms with E-state index < -0.39 is 5.92 Å². The number of nitrogens with one attached hydrogen (secondary N) is 2. The summed E-state index contributed by atoms with van der Waals surface area (Å²) in [6, 6.07) is 13.5. The third-order valence-corrected chi connectivity index (χ3v) is 5.56. The van der Waals surface area contributed by atoms with Crippen LogP contribution in [0.5, 0.6) is 0 Å². The van der Waals surface area contributed by atoms with E-state index in [1.807, 2.05) is 26.0 Å². The molecule has 1 aliphatic rings. The lowest BCUT2D eigenvalue weighted by molar-refractivity contribution is -0.128. The number of benzene rings is 2. The van der Waals surface area contributed by atoms with E-state index in [0.717, 1.165) is 12.0 Å². The summed E-state index contributed by atoms with van der Waals surface area (Å²) in [5.74, 6) is -0.770. The van der Waals surface area contributed by atoms with Gasteiger partial charge in [0.1, 0.15) is 0 Å². The summed E-state index contributed by atoms with van der Waals surface area (Å²) in [6.45, 7) is 7.23. The van der Waals surface area contributed by atoms with Gasteiger partial charge in [0.25, 0.3) is 5.91 Å². The van der Waals surface area contributed by atoms with Crippen molar-refractivity contribution in [1.29, 1.82) is 0 Å². The molecule has 30 heavy (non-hydrogen) atoms. The van der Waals surface area contributed by atoms with Crippen LogP contribution in [0.3, 0.4) is 0 Å². The van der Waals surface area contributed by atoms with Crippen molar-refractivity contribution in [2.75, 3.05) is 18.4 Å². The van der Waals surface area contributed by atoms with Gasteiger partial charge in [0.15, 0.2) is 0 Å². The zero-order chi connectivity index (χ0) is 21.7. The lowest BCUT2D eigenvalue weighted by Crippen LogP contribution is -2.28. The van der Waals surface area contributed by atoms with E-state index >= 15 is 0 Å². The quantitative estimate of drug-likeness (QED) is 0.739. The molecule has 2 aromatic carbocycles. The summed E-state index contributed by atoms with van der Waals surface area (Å²) in [5, 5.41) is 5.69. The molecule has 0 bridgehead atoms. The average Bonchev–Trinajstić information content (AvgIpc) is 3.10. The standard InChI is InChI=1S/C24H29N3O3/c1-4-17-9-11-18(12-10-17)14-27-15-19(13-22(27)28)23(29)26-21-8-6-7-20(16(21)3)24(30)25-5-2/h6-12,19H,4-5,13-15H2,1-3H3,(H,25,30)(H,26,29). The van der Waals surface area contributed by atoms with Crippen molar-refractivity contribution >= 4 is 23.4 Å². The molecule has 2 aromatic rings. The van der Waals surface area contributed by atoms with E-state index in [1.54, 1.807) is 23.1 Å². The predicted molar refractivity (Wildman–Crippen MR) is 117 cm³/mol. The summed E-state index contributed by atoms with van der Waals surface area (Å²) in [7, 11) is 0. The minimum Gasteiger partial charge on any atom is -0.352 e. The molecule has 1 aliphatic heterocycles. The molecule has 1 atom stereocenters. The Bertz CT molecular complexity index is 937. The van der Waals surface area contributed by atoms with Crippen LogP contribution in [-0.2, 0) is 22.6 Å². The SMILES string of the molecule is CCNC(=O)c1cccc(NC(=O)C2CC(=O)N(Cc3ccc(CC)cc3)C2)c1C. The van der Waals surface area contributed by atoms with Gasteiger partial charge in [0.05, 0.1) is 5.92 Å². The van der Waals surface area contributed by atoms with Gasteiger partial charge in [-0.3, -0.25) is 14.4 Å². The fourth-order valence-corrected chi connectivity index (χ4v) is 3.71. The van der Waals surface area contributed by atoms with Gasteiger partial charge in [0.2, 0.25) is 11.8 Å². The molecular weight excluding hydrogens is 378 g/mol. The van der Waals surface area contributed by atoms with Crippen LogP contribution in [-0.4, -0.2) is 35.7 Å². The Morgan fingerprint density at radius 2 is 1.77 bits per heavy atom. The zero-order valence-corrected chi connectivity index (χ0v) is 17.8. The molecule has 0 saturated carbocycles. The lowest BCUT2D eigenvalue weighted by Gasteiger charge is -2.17. The molecule has 0 spiro atoms. The monoisotopic (exact) mass is 407 g/mol. The third-order valence-electron chi connectivity index (χ3n) is 5.56. The molecule has 1 saturated heterocycles. The molecule has 0 aromatic heterocycles. The minimum absolute atomic E-state index is 0.0116. The highest BCUT2D eigenvalue weighted by Gasteiger charge is 2.34. The van der Waals surface area contributed by atoms with Crippen molar-refractivity contribution < 1.29 is 14.4 Å². The first-order valence-corrected chi connectivity index (χ1v) is 10.5. The van der Waals surface area contributed by atoms with Gasteiger partial charge < -0.3 is 15.5 Å². The van der Waals surface area contributed by atoms with E-state index in [0.29, 0.717) is 36.4 Å². The van der Waals surface area contributed by atoms with Crippen LogP contribution in [0.15, 0.2) is 42.5 Å². The Labute approximate surface area is 177 Å². The molecule has 0 radical (unpaired) electrons. The molecule has 158 valence electrons. The Morgan fingerprint density at radius 3 is 2.43 bits per heavy atom. The van der Waals surface area contributed by atoms with E-state index in [2.05, 4.69) is 29.7 Å². The van der Waals surface area contributed by atoms with Gasteiger partial charge in [-0.1, -0.05) is 37.3 Å². The second-order valence-electron chi connectivity index (χ2n) is 7.67. The van der Waals surface area contributed by atoms with E-state index in [9.17, 15) is 14.4 Å². The first kappa shape index (κ1) is 21.6. The molecule has 1 heterocycles. The van der Waals surface area contributed by atoms with Crippen LogP contribution in [0.25, 0.3) is 0 Å². The summed E-state index contributed by atoms with van der Waals surface area (Å²) in [6.07, 6.45) is 1.18. The highest BCUT2D eigenvalue weighted by molar-refractivity contribution is 6.01. The number of hydrogen-bond acceptors (Lipinski definition) is 3. The molecule has 3 amide bonds. The number of aryl methyl sites for hydroxylation is 1. The van der Waals surface area contributed by atoms with Gasteiger partial charge >= 0.3 is 0 Å². The first-order valence-electron chi connectivity index (χ1n) is 10.5. The highest BCUT2D eigenvalue weighted by atomic mass is 16.2. The van der Waals surface area contributed by atoms with Crippen molar-refractivity contribution in [3.63, 3.8) is 0 Å². The first-order chi connectivity index (χ1) is 14.4. The summed E-state index contributed by atoms with van der Waals surface area (Å²) in [5.41, 5.74) is 4.18. The number of anilines is 1. The maximum absolute atomic E-state index is 12.8. The van der Waals surface area contributed by atoms with Gasteiger partial charge in [-0.15, -0.1) is 0 Å². The summed E-state index contributed by atoms with van der Waals surface area (Å²) >= 11 is 0. The minimum atomic E-state index is -0.403. The number of amides is 3. The molecule has 1 unspecified atom stereocenters. The van der Waals surface area contributed by atoms with Crippen LogP contribution in [0, 0.1) is 12.8 Å². The number of carbonyl (C=O) groups is 3. The number of carbonyl (C=O) groups excluding carboxylic acids is 3. The van der Waals surface area contributed by atoms with E-state index in [1.165, 1.54) is 5.56 Å². The van der Waals surface area contributed by atoms with E-state index in [-0.39, 0.29) is 24.1 Å². The second-order valence-corrected chi connectivity index (χ2v) is 7.67. The highest BCUT2D eigenvalue weighted by Crippen LogP contribution is 2.24. The predicted octanol–water partition coefficient (Wildman–Crippen LogP) is 3.29. The topological polar surface area (TPSA) is 78.5 Å². The van der Waals surface area contributed by atoms with Gasteiger partial charge in [-0.05, 0) is 49.1 Å². The number of hydrogen-bond donors (Lipinski definition) is 2. The largest absolute Gasteiger partial charge is 0.352 e. The lowest BCUT2D eigenvalue weighted by atomic mass is 10.0. The molecule has 3 rings (SSSR count). The second kappa shape index (κ2) is 9.57. The zero-order valence-electron chi connectivity index (χ0n) is 17.8. The van der Waals surface area contributed by atoms with E-state index in [4.69, 9.17) is 0 Å². The molecule has 1 fully saturated rings. The fraction of sp³-hybridized carbons (Fsp3) is 0.375. The Morgan fingerprint density at radius 1 is 1.07 bits per heavy atom. The van der Waals surface area contributed by atoms with Crippen LogP contribution in [0.4, 0.5) is 5.69 Å². The number of nitrogens with zero attached hydrogens (tertiary/aromatic N) is 1. The maximum Gasteiger partial charge on any atom is 0.251 e. The Balaban J connectivity index is 1.64. The van der Waals surface area contributed by atoms with Gasteiger partial charge in [-0.25, -0.2) is 0 Å². The van der Waals surface area contributed by atoms with Crippen molar-refractivity contribution in [2.24, 2.45) is 5.92 Å². The van der Waals surface area contributed by atoms with Crippen LogP contribution in [0.2, 0.25) is 0 Å². The fourth-order valence-electron chi connectivity index (χ4n) is 3.71. The molecule has 6 heteroatoms. The van der Waals surface area contributed by atoms with Crippen molar-refractivity contribution in [1.82, 2.24) is 10.2 Å². The van der Waals surface area contributed by atoms with Gasteiger partial charge in [-0.2, -0.15) is 0 Å². The van der Waals surface area contributed by atoms with Gasteiger partial charge in [0, 0.05) is 37.3 Å². The van der Waals surface area contributed by atoms with Crippen molar-refractivity contribution in [3.8, 4) is 0 Å². The Hall–Kier alpha value is -3.15. The maximum atomic E-state index is 12.8. The summed E-state index contributed by atoms with van der Waals surface area (Å²) < 4.78 is 0. The number of rotatable bonds is 7. The molecule has 2 N–H and O–H groups in total. The van der Waals surface area contributed by atoms with Crippen molar-refractivity contribution in [2.45, 2.75) is 40.2 Å². The Kier molecular flexibility index (Phi) is 6.87. The summed E-state index contributed by atoms with van der Waals surface area (Å²) in [4.78, 5) is 39.2. The molecular formula is C24H29N3O3.